The van der Waals surface area contributed by atoms with Crippen LogP contribution in [0.2, 0.25) is 0 Å². The standard InChI is InChI=1S/C8H8INO3/c9-7-2-1-6(3-4-11)8(5-7)10(12)13/h1-2,5,11H,3-4H2. The Morgan fingerprint density at radius 2 is 2.23 bits per heavy atom. The maximum atomic E-state index is 10.6. The Labute approximate surface area is 88.9 Å². The first-order valence-electron chi connectivity index (χ1n) is 3.69. The molecule has 0 aromatic heterocycles. The van der Waals surface area contributed by atoms with Crippen LogP contribution in [0.3, 0.4) is 0 Å². The lowest BCUT2D eigenvalue weighted by molar-refractivity contribution is -0.385. The van der Waals surface area contributed by atoms with Gasteiger partial charge in [-0.15, -0.1) is 0 Å². The summed E-state index contributed by atoms with van der Waals surface area (Å²) in [6, 6.07) is 4.97. The third kappa shape index (κ3) is 2.63. The smallest absolute Gasteiger partial charge is 0.273 e. The molecule has 0 saturated carbocycles. The molecular weight excluding hydrogens is 285 g/mol. The van der Waals surface area contributed by atoms with Gasteiger partial charge in [0.05, 0.1) is 4.92 Å². The maximum absolute atomic E-state index is 10.6. The number of rotatable bonds is 3. The fourth-order valence-electron chi connectivity index (χ4n) is 1.04. The zero-order valence-electron chi connectivity index (χ0n) is 6.74. The van der Waals surface area contributed by atoms with Gasteiger partial charge in [-0.05, 0) is 28.7 Å². The number of aliphatic hydroxyl groups excluding tert-OH is 1. The van der Waals surface area contributed by atoms with Crippen molar-refractivity contribution in [2.75, 3.05) is 6.61 Å². The summed E-state index contributed by atoms with van der Waals surface area (Å²) in [5, 5.41) is 19.2. The summed E-state index contributed by atoms with van der Waals surface area (Å²) in [7, 11) is 0. The van der Waals surface area contributed by atoms with Gasteiger partial charge in [-0.2, -0.15) is 0 Å². The molecule has 1 aromatic rings. The van der Waals surface area contributed by atoms with Crippen LogP contribution < -0.4 is 0 Å². The monoisotopic (exact) mass is 293 g/mol. The van der Waals surface area contributed by atoms with Crippen LogP contribution in [-0.4, -0.2) is 16.6 Å². The lowest BCUT2D eigenvalue weighted by Gasteiger charge is -2.00. The summed E-state index contributed by atoms with van der Waals surface area (Å²) in [5.74, 6) is 0. The van der Waals surface area contributed by atoms with E-state index in [1.54, 1.807) is 12.1 Å². The van der Waals surface area contributed by atoms with Crippen molar-refractivity contribution >= 4 is 28.3 Å². The number of aliphatic hydroxyl groups is 1. The molecule has 0 amide bonds. The molecule has 0 aliphatic rings. The lowest BCUT2D eigenvalue weighted by Crippen LogP contribution is -1.98. The molecular formula is C8H8INO3. The van der Waals surface area contributed by atoms with Crippen LogP contribution in [0, 0.1) is 13.7 Å². The van der Waals surface area contributed by atoms with Gasteiger partial charge in [-0.25, -0.2) is 0 Å². The van der Waals surface area contributed by atoms with Crippen LogP contribution in [0.5, 0.6) is 0 Å². The summed E-state index contributed by atoms with van der Waals surface area (Å²) in [5.41, 5.74) is 0.661. The predicted molar refractivity (Wildman–Crippen MR) is 56.6 cm³/mol. The first kappa shape index (κ1) is 10.4. The Morgan fingerprint density at radius 1 is 1.54 bits per heavy atom. The molecule has 0 bridgehead atoms. The van der Waals surface area contributed by atoms with Crippen LogP contribution in [0.25, 0.3) is 0 Å². The maximum Gasteiger partial charge on any atom is 0.273 e. The summed E-state index contributed by atoms with van der Waals surface area (Å²) < 4.78 is 0.825. The highest BCUT2D eigenvalue weighted by molar-refractivity contribution is 14.1. The summed E-state index contributed by atoms with van der Waals surface area (Å²) in [6.07, 6.45) is 0.327. The normalized spacial score (nSPS) is 10.0. The summed E-state index contributed by atoms with van der Waals surface area (Å²) >= 11 is 2.02. The third-order valence-electron chi connectivity index (χ3n) is 1.63. The molecule has 1 rings (SSSR count). The van der Waals surface area contributed by atoms with Crippen molar-refractivity contribution < 1.29 is 10.0 Å². The van der Waals surface area contributed by atoms with Gasteiger partial charge >= 0.3 is 0 Å². The molecule has 0 unspecified atom stereocenters. The first-order valence-corrected chi connectivity index (χ1v) is 4.76. The zero-order chi connectivity index (χ0) is 9.84. The number of nitrogens with zero attached hydrogens (tertiary/aromatic N) is 1. The largest absolute Gasteiger partial charge is 0.396 e. The molecule has 0 heterocycles. The second kappa shape index (κ2) is 4.52. The minimum atomic E-state index is -0.423. The van der Waals surface area contributed by atoms with Gasteiger partial charge in [0.15, 0.2) is 0 Å². The molecule has 0 aliphatic heterocycles. The van der Waals surface area contributed by atoms with Gasteiger partial charge in [-0.3, -0.25) is 10.1 Å². The van der Waals surface area contributed by atoms with Gasteiger partial charge < -0.3 is 5.11 Å². The molecule has 0 saturated heterocycles. The van der Waals surface area contributed by atoms with Crippen LogP contribution in [0.1, 0.15) is 5.56 Å². The molecule has 0 spiro atoms. The average Bonchev–Trinajstić information content (AvgIpc) is 2.08. The number of hydrogen-bond acceptors (Lipinski definition) is 3. The summed E-state index contributed by atoms with van der Waals surface area (Å²) in [6.45, 7) is -0.0680. The Morgan fingerprint density at radius 3 is 2.77 bits per heavy atom. The molecule has 0 radical (unpaired) electrons. The highest BCUT2D eigenvalue weighted by Crippen LogP contribution is 2.21. The van der Waals surface area contributed by atoms with Crippen LogP contribution >= 0.6 is 22.6 Å². The van der Waals surface area contributed by atoms with E-state index >= 15 is 0 Å². The van der Waals surface area contributed by atoms with Gasteiger partial charge in [0.25, 0.3) is 5.69 Å². The molecule has 1 N–H and O–H groups in total. The second-order valence-electron chi connectivity index (χ2n) is 2.50. The van der Waals surface area contributed by atoms with Gasteiger partial charge in [0.1, 0.15) is 0 Å². The molecule has 0 aliphatic carbocycles. The highest BCUT2D eigenvalue weighted by atomic mass is 127. The predicted octanol–water partition coefficient (Wildman–Crippen LogP) is 1.73. The van der Waals surface area contributed by atoms with Crippen molar-refractivity contribution in [3.8, 4) is 0 Å². The van der Waals surface area contributed by atoms with Crippen molar-refractivity contribution in [3.63, 3.8) is 0 Å². The SMILES string of the molecule is O=[N+]([O-])c1cc(I)ccc1CCO. The van der Waals surface area contributed by atoms with E-state index in [1.807, 2.05) is 22.6 Å². The van der Waals surface area contributed by atoms with E-state index in [2.05, 4.69) is 0 Å². The van der Waals surface area contributed by atoms with Crippen molar-refractivity contribution in [3.05, 3.63) is 37.4 Å². The molecule has 1 aromatic carbocycles. The minimum Gasteiger partial charge on any atom is -0.396 e. The number of benzene rings is 1. The third-order valence-corrected chi connectivity index (χ3v) is 2.30. The molecule has 0 atom stereocenters. The molecule has 5 heteroatoms. The molecule has 4 nitrogen and oxygen atoms in total. The Balaban J connectivity index is 3.10. The molecule has 0 fully saturated rings. The zero-order valence-corrected chi connectivity index (χ0v) is 8.89. The highest BCUT2D eigenvalue weighted by Gasteiger charge is 2.12. The van der Waals surface area contributed by atoms with E-state index in [9.17, 15) is 10.1 Å². The first-order chi connectivity index (χ1) is 6.15. The number of nitro groups is 1. The van der Waals surface area contributed by atoms with E-state index in [0.29, 0.717) is 12.0 Å². The van der Waals surface area contributed by atoms with E-state index in [-0.39, 0.29) is 12.3 Å². The Bertz CT molecular complexity index is 327. The Kier molecular flexibility index (Phi) is 3.61. The van der Waals surface area contributed by atoms with Crippen LogP contribution in [0.4, 0.5) is 5.69 Å². The quantitative estimate of drug-likeness (QED) is 0.524. The van der Waals surface area contributed by atoms with Gasteiger partial charge in [-0.1, -0.05) is 6.07 Å². The summed E-state index contributed by atoms with van der Waals surface area (Å²) in [4.78, 5) is 10.1. The fourth-order valence-corrected chi connectivity index (χ4v) is 1.51. The number of hydrogen-bond donors (Lipinski definition) is 1. The average molecular weight is 293 g/mol. The fraction of sp³-hybridized carbons (Fsp3) is 0.250. The van der Waals surface area contributed by atoms with Crippen LogP contribution in [0.15, 0.2) is 18.2 Å². The number of halogens is 1. The topological polar surface area (TPSA) is 63.4 Å². The van der Waals surface area contributed by atoms with E-state index in [1.165, 1.54) is 6.07 Å². The van der Waals surface area contributed by atoms with Crippen molar-refractivity contribution in [2.45, 2.75) is 6.42 Å². The van der Waals surface area contributed by atoms with E-state index in [4.69, 9.17) is 5.11 Å². The van der Waals surface area contributed by atoms with Gasteiger partial charge in [0.2, 0.25) is 0 Å². The van der Waals surface area contributed by atoms with Crippen molar-refractivity contribution in [1.29, 1.82) is 0 Å². The van der Waals surface area contributed by atoms with Crippen LogP contribution in [-0.2, 0) is 6.42 Å². The molecule has 70 valence electrons. The van der Waals surface area contributed by atoms with Crippen molar-refractivity contribution in [1.82, 2.24) is 0 Å². The number of nitro benzene ring substituents is 1. The second-order valence-corrected chi connectivity index (χ2v) is 3.75. The van der Waals surface area contributed by atoms with E-state index < -0.39 is 4.92 Å². The molecule has 13 heavy (non-hydrogen) atoms. The minimum absolute atomic E-state index is 0.0680. The Hall–Kier alpha value is -0.690. The van der Waals surface area contributed by atoms with E-state index in [0.717, 1.165) is 3.57 Å². The lowest BCUT2D eigenvalue weighted by atomic mass is 10.1. The van der Waals surface area contributed by atoms with Gasteiger partial charge in [0, 0.05) is 28.2 Å². The van der Waals surface area contributed by atoms with Crippen molar-refractivity contribution in [2.24, 2.45) is 0 Å².